The second kappa shape index (κ2) is 6.43. The summed E-state index contributed by atoms with van der Waals surface area (Å²) >= 11 is 0. The van der Waals surface area contributed by atoms with E-state index in [0.29, 0.717) is 5.92 Å². The molecular formula is C16H25N5. The molecule has 0 unspecified atom stereocenters. The lowest BCUT2D eigenvalue weighted by Gasteiger charge is -2.32. The van der Waals surface area contributed by atoms with E-state index in [1.165, 1.54) is 38.2 Å². The van der Waals surface area contributed by atoms with Crippen LogP contribution in [0.15, 0.2) is 24.8 Å². The highest BCUT2D eigenvalue weighted by Gasteiger charge is 2.23. The van der Waals surface area contributed by atoms with Crippen molar-refractivity contribution in [2.24, 2.45) is 7.05 Å². The Morgan fingerprint density at radius 2 is 2.05 bits per heavy atom. The number of rotatable bonds is 5. The van der Waals surface area contributed by atoms with Gasteiger partial charge in [0.25, 0.3) is 0 Å². The fourth-order valence-corrected chi connectivity index (χ4v) is 3.34. The summed E-state index contributed by atoms with van der Waals surface area (Å²) in [5, 5.41) is 0. The van der Waals surface area contributed by atoms with E-state index in [4.69, 9.17) is 0 Å². The second-order valence-corrected chi connectivity index (χ2v) is 6.06. The molecule has 0 aromatic carbocycles. The van der Waals surface area contributed by atoms with Crippen LogP contribution in [0, 0.1) is 6.92 Å². The maximum atomic E-state index is 4.53. The van der Waals surface area contributed by atoms with Gasteiger partial charge in [-0.25, -0.2) is 9.97 Å². The van der Waals surface area contributed by atoms with Crippen molar-refractivity contribution in [1.82, 2.24) is 24.0 Å². The molecule has 1 fully saturated rings. The molecule has 2 aromatic rings. The van der Waals surface area contributed by atoms with Gasteiger partial charge in [-0.3, -0.25) is 0 Å². The minimum Gasteiger partial charge on any atom is -0.338 e. The van der Waals surface area contributed by atoms with Crippen molar-refractivity contribution in [3.05, 3.63) is 36.4 Å². The van der Waals surface area contributed by atoms with E-state index in [1.54, 1.807) is 0 Å². The molecule has 0 spiro atoms. The van der Waals surface area contributed by atoms with Crippen LogP contribution < -0.4 is 0 Å². The van der Waals surface area contributed by atoms with Crippen molar-refractivity contribution in [3.8, 4) is 0 Å². The monoisotopic (exact) mass is 287 g/mol. The van der Waals surface area contributed by atoms with Crippen molar-refractivity contribution in [3.63, 3.8) is 0 Å². The van der Waals surface area contributed by atoms with Crippen LogP contribution in [0.5, 0.6) is 0 Å². The Hall–Kier alpha value is -1.62. The minimum atomic E-state index is 0.591. The van der Waals surface area contributed by atoms with Gasteiger partial charge < -0.3 is 14.0 Å². The molecule has 3 heterocycles. The Morgan fingerprint density at radius 1 is 1.19 bits per heavy atom. The Morgan fingerprint density at radius 3 is 2.76 bits per heavy atom. The van der Waals surface area contributed by atoms with E-state index in [2.05, 4.69) is 50.4 Å². The molecule has 0 radical (unpaired) electrons. The number of imidazole rings is 2. The summed E-state index contributed by atoms with van der Waals surface area (Å²) in [6.07, 6.45) is 11.6. The zero-order valence-corrected chi connectivity index (χ0v) is 13.1. The standard InChI is InChI=1S/C16H25N5/c1-14-17-7-12-21(14)10-4-9-20-8-3-5-15(13-20)16-18-6-11-19(16)2/h6-7,11-12,15H,3-5,8-10,13H2,1-2H3/t15-/m0/s1. The molecule has 1 saturated heterocycles. The molecule has 0 N–H and O–H groups in total. The first kappa shape index (κ1) is 14.3. The third-order valence-electron chi connectivity index (χ3n) is 4.53. The summed E-state index contributed by atoms with van der Waals surface area (Å²) in [7, 11) is 2.10. The van der Waals surface area contributed by atoms with Gasteiger partial charge in [-0.05, 0) is 39.3 Å². The molecule has 1 atom stereocenters. The molecule has 0 saturated carbocycles. The number of nitrogens with zero attached hydrogens (tertiary/aromatic N) is 5. The van der Waals surface area contributed by atoms with Crippen LogP contribution in [0.3, 0.4) is 0 Å². The van der Waals surface area contributed by atoms with Crippen molar-refractivity contribution < 1.29 is 0 Å². The second-order valence-electron chi connectivity index (χ2n) is 6.06. The van der Waals surface area contributed by atoms with Crippen molar-refractivity contribution in [2.45, 2.75) is 38.6 Å². The van der Waals surface area contributed by atoms with E-state index in [0.717, 1.165) is 18.9 Å². The highest BCUT2D eigenvalue weighted by Crippen LogP contribution is 2.25. The van der Waals surface area contributed by atoms with E-state index >= 15 is 0 Å². The maximum absolute atomic E-state index is 4.53. The molecule has 114 valence electrons. The number of aromatic nitrogens is 4. The third-order valence-corrected chi connectivity index (χ3v) is 4.53. The molecule has 1 aliphatic rings. The molecule has 21 heavy (non-hydrogen) atoms. The number of likely N-dealkylation sites (tertiary alicyclic amines) is 1. The lowest BCUT2D eigenvalue weighted by molar-refractivity contribution is 0.198. The highest BCUT2D eigenvalue weighted by molar-refractivity contribution is 5.02. The Kier molecular flexibility index (Phi) is 4.39. The summed E-state index contributed by atoms with van der Waals surface area (Å²) in [5.41, 5.74) is 0. The van der Waals surface area contributed by atoms with Gasteiger partial charge in [0.1, 0.15) is 11.6 Å². The lowest BCUT2D eigenvalue weighted by atomic mass is 9.97. The summed E-state index contributed by atoms with van der Waals surface area (Å²) in [6.45, 7) is 6.67. The summed E-state index contributed by atoms with van der Waals surface area (Å²) in [6, 6.07) is 0. The van der Waals surface area contributed by atoms with E-state index in [1.807, 2.05) is 12.4 Å². The topological polar surface area (TPSA) is 38.9 Å². The number of hydrogen-bond donors (Lipinski definition) is 0. The van der Waals surface area contributed by atoms with Gasteiger partial charge >= 0.3 is 0 Å². The van der Waals surface area contributed by atoms with Crippen LogP contribution in [0.4, 0.5) is 0 Å². The predicted octanol–water partition coefficient (Wildman–Crippen LogP) is 2.19. The van der Waals surface area contributed by atoms with Gasteiger partial charge in [-0.2, -0.15) is 0 Å². The zero-order valence-electron chi connectivity index (χ0n) is 13.1. The number of piperidine rings is 1. The van der Waals surface area contributed by atoms with E-state index in [-0.39, 0.29) is 0 Å². The molecular weight excluding hydrogens is 262 g/mol. The summed E-state index contributed by atoms with van der Waals surface area (Å²) in [5.74, 6) is 2.94. The van der Waals surface area contributed by atoms with Crippen LogP contribution in [0.2, 0.25) is 0 Å². The maximum Gasteiger partial charge on any atom is 0.112 e. The van der Waals surface area contributed by atoms with Crippen LogP contribution >= 0.6 is 0 Å². The van der Waals surface area contributed by atoms with E-state index < -0.39 is 0 Å². The molecule has 0 aliphatic carbocycles. The Labute approximate surface area is 126 Å². The van der Waals surface area contributed by atoms with Crippen LogP contribution in [0.1, 0.15) is 36.8 Å². The van der Waals surface area contributed by atoms with Gasteiger partial charge in [0.15, 0.2) is 0 Å². The van der Waals surface area contributed by atoms with Crippen LogP contribution in [-0.2, 0) is 13.6 Å². The van der Waals surface area contributed by atoms with E-state index in [9.17, 15) is 0 Å². The summed E-state index contributed by atoms with van der Waals surface area (Å²) < 4.78 is 4.41. The predicted molar refractivity (Wildman–Crippen MR) is 83.2 cm³/mol. The highest BCUT2D eigenvalue weighted by atomic mass is 15.1. The fourth-order valence-electron chi connectivity index (χ4n) is 3.34. The van der Waals surface area contributed by atoms with Gasteiger partial charge in [-0.15, -0.1) is 0 Å². The van der Waals surface area contributed by atoms with Gasteiger partial charge in [0.05, 0.1) is 0 Å². The van der Waals surface area contributed by atoms with Gasteiger partial charge in [-0.1, -0.05) is 0 Å². The average molecular weight is 287 g/mol. The molecule has 0 amide bonds. The van der Waals surface area contributed by atoms with Gasteiger partial charge in [0.2, 0.25) is 0 Å². The molecule has 5 heteroatoms. The van der Waals surface area contributed by atoms with Crippen molar-refractivity contribution in [2.75, 3.05) is 19.6 Å². The van der Waals surface area contributed by atoms with Crippen molar-refractivity contribution in [1.29, 1.82) is 0 Å². The number of hydrogen-bond acceptors (Lipinski definition) is 3. The molecule has 5 nitrogen and oxygen atoms in total. The molecule has 1 aliphatic heterocycles. The first-order valence-corrected chi connectivity index (χ1v) is 7.91. The summed E-state index contributed by atoms with van der Waals surface area (Å²) in [4.78, 5) is 11.4. The van der Waals surface area contributed by atoms with Crippen LogP contribution in [-0.4, -0.2) is 43.6 Å². The Bertz CT molecular complexity index is 571. The largest absolute Gasteiger partial charge is 0.338 e. The fraction of sp³-hybridized carbons (Fsp3) is 0.625. The number of aryl methyl sites for hydroxylation is 3. The lowest BCUT2D eigenvalue weighted by Crippen LogP contribution is -2.36. The molecule has 3 rings (SSSR count). The molecule has 0 bridgehead atoms. The average Bonchev–Trinajstić information content (AvgIpc) is 3.08. The SMILES string of the molecule is Cc1nccn1CCCN1CCC[C@H](c2nccn2C)C1. The van der Waals surface area contributed by atoms with Crippen LogP contribution in [0.25, 0.3) is 0 Å². The minimum absolute atomic E-state index is 0.591. The Balaban J connectivity index is 1.50. The van der Waals surface area contributed by atoms with Crippen molar-refractivity contribution >= 4 is 0 Å². The van der Waals surface area contributed by atoms with Gasteiger partial charge in [0, 0.05) is 50.8 Å². The normalized spacial score (nSPS) is 20.0. The zero-order chi connectivity index (χ0) is 14.7. The third kappa shape index (κ3) is 3.35. The first-order chi connectivity index (χ1) is 10.2. The molecule has 2 aromatic heterocycles. The quantitative estimate of drug-likeness (QED) is 0.846. The smallest absolute Gasteiger partial charge is 0.112 e. The first-order valence-electron chi connectivity index (χ1n) is 7.91.